The van der Waals surface area contributed by atoms with Gasteiger partial charge in [0, 0.05) is 43.9 Å². The molecule has 1 atom stereocenters. The quantitative estimate of drug-likeness (QED) is 0.489. The van der Waals surface area contributed by atoms with Crippen molar-refractivity contribution >= 4 is 17.6 Å². The first-order valence-corrected chi connectivity index (χ1v) is 10.9. The fourth-order valence-corrected chi connectivity index (χ4v) is 3.69. The molecule has 4 rings (SSSR count). The second kappa shape index (κ2) is 10.6. The lowest BCUT2D eigenvalue weighted by Crippen LogP contribution is -2.35. The molecule has 10 nitrogen and oxygen atoms in total. The maximum absolute atomic E-state index is 15.6. The van der Waals surface area contributed by atoms with Crippen LogP contribution in [-0.2, 0) is 4.74 Å². The number of H-pyrrole nitrogens is 1. The van der Waals surface area contributed by atoms with Crippen molar-refractivity contribution in [2.24, 2.45) is 5.92 Å². The van der Waals surface area contributed by atoms with Crippen LogP contribution < -0.4 is 15.0 Å². The van der Waals surface area contributed by atoms with Gasteiger partial charge in [-0.3, -0.25) is 10.1 Å². The molecule has 2 N–H and O–H groups in total. The summed E-state index contributed by atoms with van der Waals surface area (Å²) < 4.78 is 54.2. The van der Waals surface area contributed by atoms with Gasteiger partial charge in [0.1, 0.15) is 11.5 Å². The number of anilines is 3. The first kappa shape index (κ1) is 24.2. The van der Waals surface area contributed by atoms with E-state index < -0.39 is 29.4 Å². The topological polar surface area (TPSA) is 125 Å². The zero-order chi connectivity index (χ0) is 24.9. The number of aryl methyl sites for hydroxylation is 1. The van der Waals surface area contributed by atoms with Gasteiger partial charge in [0.15, 0.2) is 23.6 Å². The standard InChI is InChI=1S/C22H23F3N8O2/c1-12-7-17(32-31-12)28-22-29-20(33-5-3-13(9-26)4-6-33)18(25)21(30-22)35-16(11-34-2)19-15(24)8-14(23)10-27-19/h7-8,10,13,16H,3-6,11H2,1-2H3,(H2,28,29,30,31,32). The highest BCUT2D eigenvalue weighted by Gasteiger charge is 2.29. The van der Waals surface area contributed by atoms with Crippen LogP contribution in [0.4, 0.5) is 30.8 Å². The Hall–Kier alpha value is -3.92. The van der Waals surface area contributed by atoms with E-state index in [0.717, 1.165) is 11.9 Å². The lowest BCUT2D eigenvalue weighted by atomic mass is 9.99. The summed E-state index contributed by atoms with van der Waals surface area (Å²) in [6.07, 6.45) is 0.712. The number of pyridine rings is 1. The van der Waals surface area contributed by atoms with Crippen molar-refractivity contribution in [1.82, 2.24) is 25.1 Å². The van der Waals surface area contributed by atoms with Crippen LogP contribution in [0.15, 0.2) is 18.3 Å². The molecule has 0 spiro atoms. The average Bonchev–Trinajstić information content (AvgIpc) is 3.25. The molecule has 35 heavy (non-hydrogen) atoms. The third-order valence-corrected chi connectivity index (χ3v) is 5.44. The Morgan fingerprint density at radius 2 is 2.03 bits per heavy atom. The van der Waals surface area contributed by atoms with E-state index in [9.17, 15) is 14.0 Å². The summed E-state index contributed by atoms with van der Waals surface area (Å²) in [6, 6.07) is 4.59. The maximum Gasteiger partial charge on any atom is 0.258 e. The minimum atomic E-state index is -1.22. The summed E-state index contributed by atoms with van der Waals surface area (Å²) in [5.41, 5.74) is 0.517. The van der Waals surface area contributed by atoms with Gasteiger partial charge in [0.25, 0.3) is 5.88 Å². The molecule has 1 unspecified atom stereocenters. The average molecular weight is 488 g/mol. The van der Waals surface area contributed by atoms with E-state index >= 15 is 4.39 Å². The van der Waals surface area contributed by atoms with Gasteiger partial charge in [-0.05, 0) is 19.8 Å². The largest absolute Gasteiger partial charge is 0.463 e. The number of hydrogen-bond donors (Lipinski definition) is 2. The van der Waals surface area contributed by atoms with E-state index in [1.54, 1.807) is 11.0 Å². The Kier molecular flexibility index (Phi) is 7.31. The molecule has 1 fully saturated rings. The van der Waals surface area contributed by atoms with Crippen molar-refractivity contribution < 1.29 is 22.6 Å². The Bertz CT molecular complexity index is 1220. The number of aromatic nitrogens is 5. The Morgan fingerprint density at radius 1 is 1.26 bits per heavy atom. The molecule has 1 aliphatic heterocycles. The van der Waals surface area contributed by atoms with Crippen molar-refractivity contribution in [3.05, 3.63) is 47.2 Å². The van der Waals surface area contributed by atoms with Gasteiger partial charge in [0.2, 0.25) is 11.8 Å². The molecule has 1 aliphatic rings. The van der Waals surface area contributed by atoms with Gasteiger partial charge in [-0.2, -0.15) is 24.7 Å². The number of nitrogens with one attached hydrogen (secondary N) is 2. The molecule has 0 aliphatic carbocycles. The molecular weight excluding hydrogens is 465 g/mol. The van der Waals surface area contributed by atoms with Crippen LogP contribution in [0.25, 0.3) is 0 Å². The minimum absolute atomic E-state index is 0.00555. The molecule has 3 aromatic heterocycles. The molecular formula is C22H23F3N8O2. The van der Waals surface area contributed by atoms with Crippen molar-refractivity contribution in [1.29, 1.82) is 5.26 Å². The molecule has 3 aromatic rings. The molecule has 0 amide bonds. The number of ether oxygens (including phenoxy) is 2. The number of methoxy groups -OCH3 is 1. The van der Waals surface area contributed by atoms with E-state index in [0.29, 0.717) is 37.8 Å². The Morgan fingerprint density at radius 3 is 2.66 bits per heavy atom. The van der Waals surface area contributed by atoms with E-state index in [2.05, 4.69) is 36.5 Å². The highest BCUT2D eigenvalue weighted by molar-refractivity contribution is 5.54. The first-order chi connectivity index (χ1) is 16.9. The van der Waals surface area contributed by atoms with Gasteiger partial charge in [-0.15, -0.1) is 0 Å². The van der Waals surface area contributed by atoms with Crippen LogP contribution >= 0.6 is 0 Å². The maximum atomic E-state index is 15.6. The van der Waals surface area contributed by atoms with Crippen molar-refractivity contribution in [3.63, 3.8) is 0 Å². The van der Waals surface area contributed by atoms with Crippen molar-refractivity contribution in [2.75, 3.05) is 37.0 Å². The Labute approximate surface area is 199 Å². The summed E-state index contributed by atoms with van der Waals surface area (Å²) in [4.78, 5) is 13.9. The van der Waals surface area contributed by atoms with Gasteiger partial charge in [0.05, 0.1) is 18.9 Å². The third kappa shape index (κ3) is 5.60. The lowest BCUT2D eigenvalue weighted by Gasteiger charge is -2.30. The molecule has 1 saturated heterocycles. The molecule has 0 bridgehead atoms. The number of rotatable bonds is 8. The van der Waals surface area contributed by atoms with Gasteiger partial charge < -0.3 is 19.7 Å². The SMILES string of the molecule is COCC(Oc1nc(Nc2cc(C)[nH]n2)nc(N2CCC(C#N)CC2)c1F)c1ncc(F)cc1F. The number of hydrogen-bond acceptors (Lipinski definition) is 9. The third-order valence-electron chi connectivity index (χ3n) is 5.44. The molecule has 4 heterocycles. The summed E-state index contributed by atoms with van der Waals surface area (Å²) in [5.74, 6) is -2.93. The first-order valence-electron chi connectivity index (χ1n) is 10.9. The van der Waals surface area contributed by atoms with Crippen LogP contribution in [0.3, 0.4) is 0 Å². The van der Waals surface area contributed by atoms with E-state index in [4.69, 9.17) is 9.47 Å². The number of halogens is 3. The smallest absolute Gasteiger partial charge is 0.258 e. The zero-order valence-corrected chi connectivity index (χ0v) is 19.1. The molecule has 13 heteroatoms. The van der Waals surface area contributed by atoms with Gasteiger partial charge >= 0.3 is 0 Å². The van der Waals surface area contributed by atoms with Crippen LogP contribution in [0, 0.1) is 41.6 Å². The van der Waals surface area contributed by atoms with Crippen molar-refractivity contribution in [2.45, 2.75) is 25.9 Å². The van der Waals surface area contributed by atoms with Gasteiger partial charge in [-0.1, -0.05) is 0 Å². The second-order valence-corrected chi connectivity index (χ2v) is 8.02. The van der Waals surface area contributed by atoms with E-state index in [1.165, 1.54) is 7.11 Å². The fourth-order valence-electron chi connectivity index (χ4n) is 3.69. The summed E-state index contributed by atoms with van der Waals surface area (Å²) in [7, 11) is 1.35. The highest BCUT2D eigenvalue weighted by Crippen LogP contribution is 2.32. The predicted molar refractivity (Wildman–Crippen MR) is 119 cm³/mol. The lowest BCUT2D eigenvalue weighted by molar-refractivity contribution is 0.0696. The van der Waals surface area contributed by atoms with Gasteiger partial charge in [-0.25, -0.2) is 8.78 Å². The second-order valence-electron chi connectivity index (χ2n) is 8.02. The molecule has 184 valence electrons. The van der Waals surface area contributed by atoms with Crippen LogP contribution in [0.1, 0.15) is 30.3 Å². The number of piperidine rings is 1. The van der Waals surface area contributed by atoms with E-state index in [-0.39, 0.29) is 30.0 Å². The monoisotopic (exact) mass is 488 g/mol. The summed E-state index contributed by atoms with van der Waals surface area (Å²) >= 11 is 0. The van der Waals surface area contributed by atoms with Crippen LogP contribution in [-0.4, -0.2) is 52.0 Å². The van der Waals surface area contributed by atoms with Crippen LogP contribution in [0.5, 0.6) is 5.88 Å². The summed E-state index contributed by atoms with van der Waals surface area (Å²) in [6.45, 7) is 2.41. The van der Waals surface area contributed by atoms with Crippen LogP contribution in [0.2, 0.25) is 0 Å². The van der Waals surface area contributed by atoms with E-state index in [1.807, 2.05) is 6.92 Å². The molecule has 0 aromatic carbocycles. The number of nitrogens with zero attached hydrogens (tertiary/aromatic N) is 6. The predicted octanol–water partition coefficient (Wildman–Crippen LogP) is 3.57. The minimum Gasteiger partial charge on any atom is -0.463 e. The zero-order valence-electron chi connectivity index (χ0n) is 19.1. The molecule has 0 radical (unpaired) electrons. The number of aromatic amines is 1. The van der Waals surface area contributed by atoms with Crippen molar-refractivity contribution in [3.8, 4) is 11.9 Å². The summed E-state index contributed by atoms with van der Waals surface area (Å²) in [5, 5.41) is 18.9. The fraction of sp³-hybridized carbons (Fsp3) is 0.409. The number of nitriles is 1. The molecule has 0 saturated carbocycles. The normalized spacial score (nSPS) is 15.0. The highest BCUT2D eigenvalue weighted by atomic mass is 19.1. The Balaban J connectivity index is 1.70.